The summed E-state index contributed by atoms with van der Waals surface area (Å²) >= 11 is 0. The Bertz CT molecular complexity index is 1150. The first-order chi connectivity index (χ1) is 17.0. The second kappa shape index (κ2) is 13.1. The quantitative estimate of drug-likeness (QED) is 0.237. The second-order valence-corrected chi connectivity index (χ2v) is 7.23. The van der Waals surface area contributed by atoms with Crippen molar-refractivity contribution in [1.82, 2.24) is 10.7 Å². The monoisotopic (exact) mass is 474 g/mol. The third-order valence-corrected chi connectivity index (χ3v) is 4.59. The fourth-order valence-corrected chi connectivity index (χ4v) is 2.85. The predicted molar refractivity (Wildman–Crippen MR) is 132 cm³/mol. The van der Waals surface area contributed by atoms with Gasteiger partial charge < -0.3 is 20.1 Å². The number of hydrazone groups is 1. The molecule has 0 aliphatic carbocycles. The molecule has 0 unspecified atom stereocenters. The van der Waals surface area contributed by atoms with Crippen molar-refractivity contribution in [2.24, 2.45) is 5.10 Å². The van der Waals surface area contributed by atoms with E-state index in [2.05, 4.69) is 21.2 Å². The van der Waals surface area contributed by atoms with Gasteiger partial charge in [-0.3, -0.25) is 14.4 Å². The standard InChI is InChI=1S/C26H26N4O5/c1-2-34-22-14-10-21(11-15-22)29-25(32)26(33)30-28-17-20-8-12-23(13-9-20)35-18-24(31)27-16-19-6-4-3-5-7-19/h3-15,17H,2,16,18H2,1H3,(H,27,31)(H,29,32)(H,30,33)/b28-17-. The lowest BCUT2D eigenvalue weighted by molar-refractivity contribution is -0.136. The van der Waals surface area contributed by atoms with E-state index >= 15 is 0 Å². The molecule has 0 heterocycles. The number of carbonyl (C=O) groups excluding carboxylic acids is 3. The summed E-state index contributed by atoms with van der Waals surface area (Å²) in [6, 6.07) is 23.0. The largest absolute Gasteiger partial charge is 0.494 e. The topological polar surface area (TPSA) is 118 Å². The Morgan fingerprint density at radius 1 is 0.829 bits per heavy atom. The van der Waals surface area contributed by atoms with Crippen molar-refractivity contribution in [2.75, 3.05) is 18.5 Å². The van der Waals surface area contributed by atoms with E-state index in [1.54, 1.807) is 48.5 Å². The third kappa shape index (κ3) is 8.65. The Morgan fingerprint density at radius 3 is 2.17 bits per heavy atom. The van der Waals surface area contributed by atoms with Gasteiger partial charge in [-0.1, -0.05) is 30.3 Å². The van der Waals surface area contributed by atoms with Crippen LogP contribution in [0.5, 0.6) is 11.5 Å². The highest BCUT2D eigenvalue weighted by atomic mass is 16.5. The maximum absolute atomic E-state index is 12.0. The highest BCUT2D eigenvalue weighted by Gasteiger charge is 2.12. The lowest BCUT2D eigenvalue weighted by Crippen LogP contribution is -2.32. The first-order valence-electron chi connectivity index (χ1n) is 10.9. The molecule has 3 aromatic carbocycles. The van der Waals surface area contributed by atoms with Crippen LogP contribution in [0.1, 0.15) is 18.1 Å². The van der Waals surface area contributed by atoms with Crippen LogP contribution < -0.4 is 25.5 Å². The molecule has 3 amide bonds. The number of anilines is 1. The number of ether oxygens (including phenoxy) is 2. The van der Waals surface area contributed by atoms with Gasteiger partial charge in [0.05, 0.1) is 12.8 Å². The van der Waals surface area contributed by atoms with Crippen LogP contribution in [0.15, 0.2) is 84.0 Å². The molecule has 3 N–H and O–H groups in total. The summed E-state index contributed by atoms with van der Waals surface area (Å²) in [7, 11) is 0. The molecule has 0 aliphatic rings. The highest BCUT2D eigenvalue weighted by Crippen LogP contribution is 2.15. The zero-order valence-electron chi connectivity index (χ0n) is 19.2. The van der Waals surface area contributed by atoms with Crippen LogP contribution in [-0.2, 0) is 20.9 Å². The number of benzene rings is 3. The highest BCUT2D eigenvalue weighted by molar-refractivity contribution is 6.39. The van der Waals surface area contributed by atoms with Crippen molar-refractivity contribution >= 4 is 29.6 Å². The second-order valence-electron chi connectivity index (χ2n) is 7.23. The smallest absolute Gasteiger partial charge is 0.329 e. The first-order valence-corrected chi connectivity index (χ1v) is 10.9. The Morgan fingerprint density at radius 2 is 1.49 bits per heavy atom. The molecular weight excluding hydrogens is 448 g/mol. The summed E-state index contributed by atoms with van der Waals surface area (Å²) in [6.45, 7) is 2.73. The average molecular weight is 475 g/mol. The summed E-state index contributed by atoms with van der Waals surface area (Å²) in [5, 5.41) is 9.06. The van der Waals surface area contributed by atoms with E-state index in [-0.39, 0.29) is 12.5 Å². The molecule has 0 fully saturated rings. The molecule has 0 aliphatic heterocycles. The van der Waals surface area contributed by atoms with Gasteiger partial charge >= 0.3 is 11.8 Å². The maximum atomic E-state index is 12.0. The summed E-state index contributed by atoms with van der Waals surface area (Å²) in [4.78, 5) is 35.9. The zero-order valence-corrected chi connectivity index (χ0v) is 19.2. The van der Waals surface area contributed by atoms with Crippen LogP contribution in [0.3, 0.4) is 0 Å². The van der Waals surface area contributed by atoms with Gasteiger partial charge in [0.1, 0.15) is 11.5 Å². The fraction of sp³-hybridized carbons (Fsp3) is 0.154. The minimum atomic E-state index is -0.906. The Hall–Kier alpha value is -4.66. The molecule has 3 rings (SSSR count). The van der Waals surface area contributed by atoms with Gasteiger partial charge in [-0.25, -0.2) is 5.43 Å². The van der Waals surface area contributed by atoms with E-state index in [1.807, 2.05) is 37.3 Å². The number of nitrogens with zero attached hydrogens (tertiary/aromatic N) is 1. The summed E-state index contributed by atoms with van der Waals surface area (Å²) in [5.41, 5.74) is 4.30. The molecule has 0 aromatic heterocycles. The van der Waals surface area contributed by atoms with Crippen molar-refractivity contribution in [2.45, 2.75) is 13.5 Å². The van der Waals surface area contributed by atoms with Crippen LogP contribution in [-0.4, -0.2) is 37.1 Å². The van der Waals surface area contributed by atoms with E-state index in [4.69, 9.17) is 9.47 Å². The number of nitrogens with one attached hydrogen (secondary N) is 3. The minimum absolute atomic E-state index is 0.111. The lowest BCUT2D eigenvalue weighted by Gasteiger charge is -2.08. The van der Waals surface area contributed by atoms with Crippen molar-refractivity contribution in [3.8, 4) is 11.5 Å². The van der Waals surface area contributed by atoms with E-state index in [1.165, 1.54) is 6.21 Å². The molecule has 180 valence electrons. The number of amides is 3. The molecule has 9 heteroatoms. The van der Waals surface area contributed by atoms with Gasteiger partial charge in [-0.05, 0) is 66.6 Å². The van der Waals surface area contributed by atoms with Crippen LogP contribution in [0.4, 0.5) is 5.69 Å². The Kier molecular flexibility index (Phi) is 9.38. The van der Waals surface area contributed by atoms with Gasteiger partial charge in [0, 0.05) is 12.2 Å². The molecule has 0 radical (unpaired) electrons. The average Bonchev–Trinajstić information content (AvgIpc) is 2.89. The van der Waals surface area contributed by atoms with Gasteiger partial charge in [0.25, 0.3) is 5.91 Å². The number of hydrogen-bond acceptors (Lipinski definition) is 6. The maximum Gasteiger partial charge on any atom is 0.329 e. The van der Waals surface area contributed by atoms with Crippen molar-refractivity contribution in [3.05, 3.63) is 90.0 Å². The van der Waals surface area contributed by atoms with Gasteiger partial charge in [0.15, 0.2) is 6.61 Å². The van der Waals surface area contributed by atoms with Crippen molar-refractivity contribution in [1.29, 1.82) is 0 Å². The molecule has 0 saturated carbocycles. The SMILES string of the molecule is CCOc1ccc(NC(=O)C(=O)N/N=C\c2ccc(OCC(=O)NCc3ccccc3)cc2)cc1. The normalized spacial score (nSPS) is 10.4. The van der Waals surface area contributed by atoms with Crippen molar-refractivity contribution < 1.29 is 23.9 Å². The van der Waals surface area contributed by atoms with Crippen LogP contribution >= 0.6 is 0 Å². The number of carbonyl (C=O) groups is 3. The van der Waals surface area contributed by atoms with E-state index in [0.29, 0.717) is 35.9 Å². The summed E-state index contributed by atoms with van der Waals surface area (Å²) in [5.74, 6) is -0.805. The van der Waals surface area contributed by atoms with Gasteiger partial charge in [-0.15, -0.1) is 0 Å². The predicted octanol–water partition coefficient (Wildman–Crippen LogP) is 2.87. The molecule has 9 nitrogen and oxygen atoms in total. The van der Waals surface area contributed by atoms with Gasteiger partial charge in [0.2, 0.25) is 0 Å². The van der Waals surface area contributed by atoms with Gasteiger partial charge in [-0.2, -0.15) is 5.10 Å². The lowest BCUT2D eigenvalue weighted by atomic mass is 10.2. The minimum Gasteiger partial charge on any atom is -0.494 e. The zero-order chi connectivity index (χ0) is 24.9. The fourth-order valence-electron chi connectivity index (χ4n) is 2.85. The molecule has 0 saturated heterocycles. The Balaban J connectivity index is 1.38. The molecule has 35 heavy (non-hydrogen) atoms. The molecular formula is C26H26N4O5. The molecule has 0 atom stereocenters. The van der Waals surface area contributed by atoms with Crippen molar-refractivity contribution in [3.63, 3.8) is 0 Å². The molecule has 0 bridgehead atoms. The summed E-state index contributed by atoms with van der Waals surface area (Å²) < 4.78 is 10.8. The van der Waals surface area contributed by atoms with Crippen LogP contribution in [0.2, 0.25) is 0 Å². The third-order valence-electron chi connectivity index (χ3n) is 4.59. The first kappa shape index (κ1) is 25.0. The van der Waals surface area contributed by atoms with Crippen LogP contribution in [0.25, 0.3) is 0 Å². The number of hydrogen-bond donors (Lipinski definition) is 3. The number of rotatable bonds is 10. The van der Waals surface area contributed by atoms with Crippen LogP contribution in [0, 0.1) is 0 Å². The van der Waals surface area contributed by atoms with E-state index < -0.39 is 11.8 Å². The summed E-state index contributed by atoms with van der Waals surface area (Å²) in [6.07, 6.45) is 1.39. The molecule has 0 spiro atoms. The van der Waals surface area contributed by atoms with E-state index in [0.717, 1.165) is 5.56 Å². The Labute approximate surface area is 203 Å². The van der Waals surface area contributed by atoms with E-state index in [9.17, 15) is 14.4 Å². The molecule has 3 aromatic rings.